The molecule has 0 aliphatic heterocycles. The summed E-state index contributed by atoms with van der Waals surface area (Å²) in [7, 11) is -6.00. The number of hydrogen-bond donors (Lipinski definition) is 0. The summed E-state index contributed by atoms with van der Waals surface area (Å²) in [5.41, 5.74) is 1.39. The minimum atomic E-state index is -6.00. The highest BCUT2D eigenvalue weighted by Gasteiger charge is 2.36. The lowest BCUT2D eigenvalue weighted by Gasteiger charge is -2.26. The molecule has 0 bridgehead atoms. The molecular weight excluding hydrogens is 343 g/mol. The summed E-state index contributed by atoms with van der Waals surface area (Å²) >= 11 is 0. The van der Waals surface area contributed by atoms with Crippen molar-refractivity contribution in [3.63, 3.8) is 0 Å². The topological polar surface area (TPSA) is 11.3 Å². The van der Waals surface area contributed by atoms with Gasteiger partial charge in [0.15, 0.2) is 0 Å². The molecule has 4 atom stereocenters. The first kappa shape index (κ1) is 21.2. The summed E-state index contributed by atoms with van der Waals surface area (Å²) in [4.78, 5) is 0. The van der Waals surface area contributed by atoms with Gasteiger partial charge in [-0.1, -0.05) is 39.5 Å². The van der Waals surface area contributed by atoms with Crippen molar-refractivity contribution in [3.05, 3.63) is 29.2 Å². The van der Waals surface area contributed by atoms with Gasteiger partial charge in [0.1, 0.15) is 0 Å². The zero-order valence-electron chi connectivity index (χ0n) is 16.1. The zero-order valence-corrected chi connectivity index (χ0v) is 16.1. The van der Waals surface area contributed by atoms with Gasteiger partial charge >= 0.3 is 18.8 Å². The van der Waals surface area contributed by atoms with Crippen LogP contribution in [-0.4, -0.2) is 7.25 Å². The first-order valence-corrected chi connectivity index (χ1v) is 9.97. The molecule has 26 heavy (non-hydrogen) atoms. The number of hydrogen-bond acceptors (Lipinski definition) is 0. The van der Waals surface area contributed by atoms with Gasteiger partial charge in [0.25, 0.3) is 0 Å². The van der Waals surface area contributed by atoms with Gasteiger partial charge in [-0.05, 0) is 50.0 Å². The second-order valence-electron chi connectivity index (χ2n) is 8.17. The van der Waals surface area contributed by atoms with Crippen LogP contribution in [0.3, 0.4) is 0 Å². The van der Waals surface area contributed by atoms with E-state index in [1.54, 1.807) is 0 Å². The van der Waals surface area contributed by atoms with Crippen LogP contribution in [0.5, 0.6) is 0 Å². The van der Waals surface area contributed by atoms with Gasteiger partial charge in [-0.2, -0.15) is 0 Å². The second-order valence-corrected chi connectivity index (χ2v) is 8.17. The second kappa shape index (κ2) is 9.23. The lowest BCUT2D eigenvalue weighted by atomic mass is 9.77. The quantitative estimate of drug-likeness (QED) is 0.292. The Bertz CT molecular complexity index is 529. The van der Waals surface area contributed by atoms with Crippen LogP contribution in [0.25, 0.3) is 0 Å². The third kappa shape index (κ3) is 6.59. The molecule has 0 aromatic carbocycles. The van der Waals surface area contributed by atoms with Crippen LogP contribution in [0, 0.1) is 18.8 Å². The molecule has 0 amide bonds. The van der Waals surface area contributed by atoms with E-state index >= 15 is 0 Å². The summed E-state index contributed by atoms with van der Waals surface area (Å²) < 4.78 is 45.5. The van der Waals surface area contributed by atoms with E-state index in [0.29, 0.717) is 11.8 Å². The normalized spacial score (nSPS) is 29.7. The van der Waals surface area contributed by atoms with E-state index in [1.165, 1.54) is 68.5 Å². The van der Waals surface area contributed by atoms with Crippen LogP contribution in [0.15, 0.2) is 16.5 Å². The Morgan fingerprint density at radius 3 is 1.46 bits per heavy atom. The average molecular weight is 374 g/mol. The lowest BCUT2D eigenvalue weighted by molar-refractivity contribution is 0.247. The summed E-state index contributed by atoms with van der Waals surface area (Å²) in [6.07, 6.45) is 10.9. The summed E-state index contributed by atoms with van der Waals surface area (Å²) in [5, 5.41) is 0. The minimum absolute atomic E-state index is 0.649. The Balaban J connectivity index is 0.000000431. The van der Waals surface area contributed by atoms with Crippen molar-refractivity contribution in [1.82, 2.24) is 0 Å². The van der Waals surface area contributed by atoms with Gasteiger partial charge in [0, 0.05) is 12.1 Å². The molecule has 148 valence electrons. The largest absolute Gasteiger partial charge is 0.673 e. The highest BCUT2D eigenvalue weighted by molar-refractivity contribution is 6.50. The average Bonchev–Trinajstić information content (AvgIpc) is 2.53. The smallest absolute Gasteiger partial charge is 0.418 e. The molecule has 3 rings (SSSR count). The molecule has 0 N–H and O–H groups in total. The zero-order chi connectivity index (χ0) is 19.3. The van der Waals surface area contributed by atoms with E-state index in [0.717, 1.165) is 11.8 Å². The number of rotatable bonds is 2. The fourth-order valence-corrected chi connectivity index (χ4v) is 4.53. The summed E-state index contributed by atoms with van der Waals surface area (Å²) in [5.74, 6) is 5.40. The Kier molecular flexibility index (Phi) is 7.54. The first-order valence-electron chi connectivity index (χ1n) is 9.97. The molecule has 0 radical (unpaired) electrons. The Hall–Kier alpha value is -1.07. The lowest BCUT2D eigenvalue weighted by Crippen LogP contribution is -2.18. The molecule has 1 aromatic heterocycles. The molecule has 0 spiro atoms. The third-order valence-electron chi connectivity index (χ3n) is 5.93. The maximum absolute atomic E-state index is 9.75. The molecule has 1 nitrogen and oxygen atoms in total. The van der Waals surface area contributed by atoms with Crippen LogP contribution in [0.4, 0.5) is 17.3 Å². The first-order chi connectivity index (χ1) is 12.1. The molecule has 2 aliphatic carbocycles. The van der Waals surface area contributed by atoms with E-state index in [4.69, 9.17) is 4.42 Å². The fraction of sp³-hybridized carbons (Fsp3) is 0.750. The van der Waals surface area contributed by atoms with Crippen molar-refractivity contribution in [1.29, 1.82) is 0 Å². The number of halogens is 4. The van der Waals surface area contributed by atoms with Crippen molar-refractivity contribution in [2.75, 3.05) is 0 Å². The van der Waals surface area contributed by atoms with E-state index < -0.39 is 7.25 Å². The van der Waals surface area contributed by atoms with Crippen molar-refractivity contribution in [3.8, 4) is 0 Å². The summed E-state index contributed by atoms with van der Waals surface area (Å²) in [6, 6.07) is 4.62. The van der Waals surface area contributed by atoms with Gasteiger partial charge in [-0.15, -0.1) is 0 Å². The van der Waals surface area contributed by atoms with Crippen molar-refractivity contribution in [2.24, 2.45) is 11.8 Å². The standard InChI is InChI=1S/C20H31O.BF4/c1-14-12-19(17-10-6-4-8-15(17)2)21-20(13-14)18-11-7-5-9-16(18)3;2-1(3,4)5/h12-13,15-18H,4-11H2,1-3H3;/q+1;-1/t15-,16+,17-,18+;. The van der Waals surface area contributed by atoms with Gasteiger partial charge in [0.2, 0.25) is 0 Å². The van der Waals surface area contributed by atoms with E-state index in [2.05, 4.69) is 32.9 Å². The van der Waals surface area contributed by atoms with Gasteiger partial charge in [-0.25, -0.2) is 4.42 Å². The van der Waals surface area contributed by atoms with E-state index in [1.807, 2.05) is 0 Å². The highest BCUT2D eigenvalue weighted by Crippen LogP contribution is 2.42. The molecule has 1 heterocycles. The van der Waals surface area contributed by atoms with Gasteiger partial charge in [0.05, 0.1) is 11.8 Å². The Morgan fingerprint density at radius 2 is 1.12 bits per heavy atom. The third-order valence-corrected chi connectivity index (χ3v) is 5.93. The predicted octanol–water partition coefficient (Wildman–Crippen LogP) is 7.76. The molecule has 1 aromatic rings. The van der Waals surface area contributed by atoms with E-state index in [9.17, 15) is 17.3 Å². The van der Waals surface area contributed by atoms with Gasteiger partial charge < -0.3 is 17.3 Å². The highest BCUT2D eigenvalue weighted by atomic mass is 19.5. The molecule has 2 fully saturated rings. The van der Waals surface area contributed by atoms with Crippen LogP contribution in [0.2, 0.25) is 0 Å². The molecule has 6 heteroatoms. The SMILES string of the molecule is Cc1cc([C@H]2CCCC[C@@H]2C)[o+]c([C@@H]2CCCC[C@H]2C)c1.F[B-](F)(F)F. The van der Waals surface area contributed by atoms with E-state index in [-0.39, 0.29) is 0 Å². The Labute approximate surface area is 154 Å². The molecule has 2 saturated carbocycles. The van der Waals surface area contributed by atoms with Crippen molar-refractivity contribution < 1.29 is 21.7 Å². The number of aryl methyl sites for hydroxylation is 1. The predicted molar refractivity (Wildman–Crippen MR) is 98.8 cm³/mol. The van der Waals surface area contributed by atoms with Crippen molar-refractivity contribution >= 4 is 7.25 Å². The van der Waals surface area contributed by atoms with Crippen LogP contribution < -0.4 is 0 Å². The van der Waals surface area contributed by atoms with Crippen LogP contribution in [0.1, 0.15) is 94.1 Å². The van der Waals surface area contributed by atoms with Crippen molar-refractivity contribution in [2.45, 2.75) is 84.0 Å². The maximum Gasteiger partial charge on any atom is 0.673 e. The maximum atomic E-state index is 9.75. The molecular formula is C20H31BF4O. The minimum Gasteiger partial charge on any atom is -0.418 e. The molecule has 2 aliphatic rings. The monoisotopic (exact) mass is 374 g/mol. The Morgan fingerprint density at radius 1 is 0.769 bits per heavy atom. The van der Waals surface area contributed by atoms with Crippen LogP contribution in [-0.2, 0) is 0 Å². The van der Waals surface area contributed by atoms with Gasteiger partial charge in [-0.3, -0.25) is 0 Å². The summed E-state index contributed by atoms with van der Waals surface area (Å²) in [6.45, 7) is 7.05. The van der Waals surface area contributed by atoms with Crippen LogP contribution >= 0.6 is 0 Å². The fourth-order valence-electron chi connectivity index (χ4n) is 4.53. The molecule has 0 saturated heterocycles. The molecule has 0 unspecified atom stereocenters.